The first-order valence-corrected chi connectivity index (χ1v) is 31.7. The summed E-state index contributed by atoms with van der Waals surface area (Å²) in [6, 6.07) is 0. The Morgan fingerprint density at radius 2 is 0.671 bits per heavy atom. The molecule has 9 nitrogen and oxygen atoms in total. The molecule has 0 spiro atoms. The third-order valence-corrected chi connectivity index (χ3v) is 15.6. The van der Waals surface area contributed by atoms with Gasteiger partial charge in [0.2, 0.25) is 0 Å². The van der Waals surface area contributed by atoms with Crippen LogP contribution in [0.4, 0.5) is 0 Å². The SMILES string of the molecule is CCCCCCCCCCCCC(C)(CC)C(=O)O.CCCCCCCCCCCCC(CC)(CC)C(=O)O.CCCCCCCCCCCCC(CC)C(=O)O.CCCCCCCCCCCOCC(=O)O. The number of unbranched alkanes of at least 4 members (excludes halogenated alkanes) is 35. The maximum Gasteiger partial charge on any atom is 0.329 e. The minimum atomic E-state index is -0.879. The molecule has 0 aromatic heterocycles. The molecule has 0 rings (SSSR count). The summed E-state index contributed by atoms with van der Waals surface area (Å²) in [6.07, 6.45) is 56.3. The predicted molar refractivity (Wildman–Crippen MR) is 313 cm³/mol. The van der Waals surface area contributed by atoms with Gasteiger partial charge in [0.05, 0.1) is 16.7 Å². The molecule has 4 N–H and O–H groups in total. The molecule has 2 atom stereocenters. The maximum atomic E-state index is 11.4. The molecule has 0 saturated carbocycles. The zero-order valence-electron chi connectivity index (χ0n) is 50.3. The van der Waals surface area contributed by atoms with Gasteiger partial charge in [-0.2, -0.15) is 0 Å². The zero-order chi connectivity index (χ0) is 55.5. The van der Waals surface area contributed by atoms with E-state index < -0.39 is 34.7 Å². The topological polar surface area (TPSA) is 158 Å². The molecule has 2 unspecified atom stereocenters. The Bertz CT molecular complexity index is 1150. The van der Waals surface area contributed by atoms with Crippen LogP contribution in [0.5, 0.6) is 0 Å². The molecule has 0 aromatic carbocycles. The predicted octanol–water partition coefficient (Wildman–Crippen LogP) is 21.0. The fraction of sp³-hybridized carbons (Fsp3) is 0.938. The lowest BCUT2D eigenvalue weighted by Gasteiger charge is -2.26. The van der Waals surface area contributed by atoms with E-state index in [0.717, 1.165) is 77.0 Å². The monoisotopic (exact) mass is 1040 g/mol. The van der Waals surface area contributed by atoms with Crippen molar-refractivity contribution in [3.63, 3.8) is 0 Å². The number of hydrogen-bond acceptors (Lipinski definition) is 5. The van der Waals surface area contributed by atoms with Crippen LogP contribution >= 0.6 is 0 Å². The Morgan fingerprint density at radius 1 is 0.370 bits per heavy atom. The van der Waals surface area contributed by atoms with E-state index in [2.05, 4.69) is 27.7 Å². The van der Waals surface area contributed by atoms with E-state index in [1.807, 2.05) is 34.6 Å². The largest absolute Gasteiger partial charge is 0.481 e. The van der Waals surface area contributed by atoms with Gasteiger partial charge < -0.3 is 25.2 Å². The molecule has 0 amide bonds. The highest BCUT2D eigenvalue weighted by molar-refractivity contribution is 5.74. The van der Waals surface area contributed by atoms with Crippen LogP contribution in [0.25, 0.3) is 0 Å². The van der Waals surface area contributed by atoms with Crippen LogP contribution in [-0.4, -0.2) is 57.5 Å². The summed E-state index contributed by atoms with van der Waals surface area (Å²) < 4.78 is 4.96. The number of carbonyl (C=O) groups is 4. The van der Waals surface area contributed by atoms with E-state index in [4.69, 9.17) is 14.9 Å². The summed E-state index contributed by atoms with van der Waals surface area (Å²) in [7, 11) is 0. The maximum absolute atomic E-state index is 11.4. The van der Waals surface area contributed by atoms with E-state index in [0.29, 0.717) is 6.61 Å². The van der Waals surface area contributed by atoms with Crippen molar-refractivity contribution in [2.75, 3.05) is 13.2 Å². The Kier molecular flexibility index (Phi) is 64.3. The van der Waals surface area contributed by atoms with Gasteiger partial charge in [-0.1, -0.05) is 299 Å². The summed E-state index contributed by atoms with van der Waals surface area (Å²) in [5.74, 6) is -2.84. The minimum Gasteiger partial charge on any atom is -0.481 e. The van der Waals surface area contributed by atoms with Gasteiger partial charge in [-0.3, -0.25) is 14.4 Å². The highest BCUT2D eigenvalue weighted by Gasteiger charge is 2.34. The van der Waals surface area contributed by atoms with Gasteiger partial charge >= 0.3 is 23.9 Å². The summed E-state index contributed by atoms with van der Waals surface area (Å²) >= 11 is 0. The van der Waals surface area contributed by atoms with Crippen molar-refractivity contribution in [1.82, 2.24) is 0 Å². The van der Waals surface area contributed by atoms with Gasteiger partial charge in [0.15, 0.2) is 0 Å². The number of rotatable bonds is 52. The second-order valence-electron chi connectivity index (χ2n) is 22.1. The van der Waals surface area contributed by atoms with Crippen LogP contribution in [0, 0.1) is 16.7 Å². The number of ether oxygens (including phenoxy) is 1. The van der Waals surface area contributed by atoms with Gasteiger partial charge in [-0.05, 0) is 58.3 Å². The lowest BCUT2D eigenvalue weighted by atomic mass is 9.78. The first-order chi connectivity index (χ1) is 35.2. The fourth-order valence-corrected chi connectivity index (χ4v) is 9.46. The smallest absolute Gasteiger partial charge is 0.329 e. The van der Waals surface area contributed by atoms with Crippen LogP contribution in [0.2, 0.25) is 0 Å². The van der Waals surface area contributed by atoms with Crippen molar-refractivity contribution in [2.24, 2.45) is 16.7 Å². The molecular weight excluding hydrogens is 913 g/mol. The lowest BCUT2D eigenvalue weighted by Crippen LogP contribution is -2.29. The third-order valence-electron chi connectivity index (χ3n) is 15.6. The van der Waals surface area contributed by atoms with Crippen LogP contribution < -0.4 is 0 Å². The van der Waals surface area contributed by atoms with Crippen molar-refractivity contribution < 1.29 is 44.3 Å². The van der Waals surface area contributed by atoms with Gasteiger partial charge in [-0.25, -0.2) is 4.79 Å². The first-order valence-electron chi connectivity index (χ1n) is 31.7. The molecule has 0 aromatic rings. The number of aliphatic carboxylic acids is 4. The second kappa shape index (κ2) is 60.7. The normalized spacial score (nSPS) is 12.3. The molecule has 0 aliphatic heterocycles. The van der Waals surface area contributed by atoms with Gasteiger partial charge in [0.1, 0.15) is 6.61 Å². The molecule has 73 heavy (non-hydrogen) atoms. The molecule has 0 bridgehead atoms. The number of carboxylic acid groups (broad SMARTS) is 4. The molecule has 0 fully saturated rings. The molecular formula is C64H128O9. The van der Waals surface area contributed by atoms with Crippen molar-refractivity contribution in [1.29, 1.82) is 0 Å². The van der Waals surface area contributed by atoms with E-state index in [9.17, 15) is 29.4 Å². The average molecular weight is 1040 g/mol. The van der Waals surface area contributed by atoms with Crippen molar-refractivity contribution in [3.8, 4) is 0 Å². The molecule has 0 aliphatic rings. The van der Waals surface area contributed by atoms with Crippen LogP contribution in [-0.2, 0) is 23.9 Å². The van der Waals surface area contributed by atoms with Crippen LogP contribution in [0.3, 0.4) is 0 Å². The van der Waals surface area contributed by atoms with Crippen LogP contribution in [0.1, 0.15) is 358 Å². The minimum absolute atomic E-state index is 0.112. The molecule has 0 saturated heterocycles. The Labute approximate surface area is 454 Å². The van der Waals surface area contributed by atoms with Gasteiger partial charge in [0.25, 0.3) is 0 Å². The number of carboxylic acids is 4. The zero-order valence-corrected chi connectivity index (χ0v) is 50.3. The first kappa shape index (κ1) is 77.3. The summed E-state index contributed by atoms with van der Waals surface area (Å²) in [5.41, 5.74) is -0.958. The van der Waals surface area contributed by atoms with Gasteiger partial charge in [0, 0.05) is 6.61 Å². The van der Waals surface area contributed by atoms with E-state index >= 15 is 0 Å². The summed E-state index contributed by atoms with van der Waals surface area (Å²) in [6.45, 7) is 19.3. The van der Waals surface area contributed by atoms with Crippen LogP contribution in [0.15, 0.2) is 0 Å². The summed E-state index contributed by atoms with van der Waals surface area (Å²) in [5, 5.41) is 35.8. The Balaban J connectivity index is -0.000000436. The highest BCUT2D eigenvalue weighted by Crippen LogP contribution is 2.33. The molecule has 0 radical (unpaired) electrons. The summed E-state index contributed by atoms with van der Waals surface area (Å²) in [4.78, 5) is 43.5. The van der Waals surface area contributed by atoms with E-state index in [-0.39, 0.29) is 12.5 Å². The molecule has 9 heteroatoms. The highest BCUT2D eigenvalue weighted by atomic mass is 16.5. The Morgan fingerprint density at radius 3 is 0.932 bits per heavy atom. The van der Waals surface area contributed by atoms with Crippen molar-refractivity contribution >= 4 is 23.9 Å². The molecule has 438 valence electrons. The van der Waals surface area contributed by atoms with Crippen molar-refractivity contribution in [2.45, 2.75) is 358 Å². The quantitative estimate of drug-likeness (QED) is 0.0435. The van der Waals surface area contributed by atoms with Crippen molar-refractivity contribution in [3.05, 3.63) is 0 Å². The average Bonchev–Trinajstić information content (AvgIpc) is 3.37. The third kappa shape index (κ3) is 55.9. The lowest BCUT2D eigenvalue weighted by molar-refractivity contribution is -0.150. The molecule has 0 heterocycles. The molecule has 0 aliphatic carbocycles. The van der Waals surface area contributed by atoms with E-state index in [1.54, 1.807) is 0 Å². The van der Waals surface area contributed by atoms with E-state index in [1.165, 1.54) is 218 Å². The standard InChI is InChI=1S/C18H36O2.C17H34O2.C16H32O2.C13H26O3/c1-4-7-8-9-10-11-12-13-14-15-16-18(5-2,6-3)17(19)20;1-4-6-7-8-9-10-11-12-13-14-15-17(3,5-2)16(18)19;1-3-5-6-7-8-9-10-11-12-13-14-15(4-2)16(17)18;1-2-3-4-5-6-7-8-9-10-11-16-12-13(14)15/h4-16H2,1-3H3,(H,19,20);4-15H2,1-3H3,(H,18,19);15H,3-14H2,1-2H3,(H,17,18);2-12H2,1H3,(H,14,15). The second-order valence-corrected chi connectivity index (χ2v) is 22.1. The Hall–Kier alpha value is -2.16. The fourth-order valence-electron chi connectivity index (χ4n) is 9.46. The van der Waals surface area contributed by atoms with Gasteiger partial charge in [-0.15, -0.1) is 0 Å². The number of hydrogen-bond donors (Lipinski definition) is 4.